The van der Waals surface area contributed by atoms with E-state index in [2.05, 4.69) is 14.9 Å². The minimum atomic E-state index is -3.71. The van der Waals surface area contributed by atoms with E-state index in [1.165, 1.54) is 12.1 Å². The number of aromatic nitrogens is 2. The second kappa shape index (κ2) is 6.02. The van der Waals surface area contributed by atoms with Gasteiger partial charge in [-0.05, 0) is 11.6 Å². The Hall–Kier alpha value is -2.26. The maximum absolute atomic E-state index is 12.1. The summed E-state index contributed by atoms with van der Waals surface area (Å²) in [6.45, 7) is 0. The molecule has 110 valence electrons. The van der Waals surface area contributed by atoms with Crippen LogP contribution in [0.5, 0.6) is 0 Å². The number of hydrogen-bond donors (Lipinski definition) is 3. The third-order valence-corrected chi connectivity index (χ3v) is 4.00. The number of nitrogens with one attached hydrogen (secondary N) is 2. The van der Waals surface area contributed by atoms with Crippen molar-refractivity contribution in [3.8, 4) is 0 Å². The number of nitrogens with zero attached hydrogens (tertiary/aromatic N) is 1. The van der Waals surface area contributed by atoms with Crippen LogP contribution >= 0.6 is 12.2 Å². The van der Waals surface area contributed by atoms with Gasteiger partial charge in [-0.2, -0.15) is 5.10 Å². The smallest absolute Gasteiger partial charge is 0.264 e. The Morgan fingerprint density at radius 1 is 1.29 bits per heavy atom. The van der Waals surface area contributed by atoms with Crippen LogP contribution in [0.1, 0.15) is 11.1 Å². The van der Waals surface area contributed by atoms with Crippen molar-refractivity contribution in [1.82, 2.24) is 10.2 Å². The number of aromatic amines is 1. The van der Waals surface area contributed by atoms with Gasteiger partial charge in [0.1, 0.15) is 4.99 Å². The number of nitrogens with two attached hydrogens (primary N) is 1. The van der Waals surface area contributed by atoms with E-state index in [1.54, 1.807) is 24.3 Å². The lowest BCUT2D eigenvalue weighted by atomic mass is 10.1. The molecule has 0 fully saturated rings. The number of benzene rings is 1. The lowest BCUT2D eigenvalue weighted by Gasteiger charge is -2.10. The van der Waals surface area contributed by atoms with Gasteiger partial charge in [-0.25, -0.2) is 13.5 Å². The fraction of sp³-hybridized carbons (Fsp3) is 0.0833. The molecule has 9 heteroatoms. The third-order valence-electron chi connectivity index (χ3n) is 2.57. The molecule has 4 N–H and O–H groups in total. The third kappa shape index (κ3) is 4.10. The highest BCUT2D eigenvalue weighted by molar-refractivity contribution is 7.91. The minimum Gasteiger partial charge on any atom is -0.389 e. The summed E-state index contributed by atoms with van der Waals surface area (Å²) in [5, 5.41) is 5.73. The lowest BCUT2D eigenvalue weighted by molar-refractivity contribution is 0.600. The average Bonchev–Trinajstić information content (AvgIpc) is 2.41. The van der Waals surface area contributed by atoms with Crippen molar-refractivity contribution in [2.45, 2.75) is 5.75 Å². The lowest BCUT2D eigenvalue weighted by Crippen LogP contribution is -2.20. The summed E-state index contributed by atoms with van der Waals surface area (Å²) in [4.78, 5) is 11.0. The molecule has 0 atom stereocenters. The molecule has 1 aromatic heterocycles. The fourth-order valence-corrected chi connectivity index (χ4v) is 3.05. The normalized spacial score (nSPS) is 11.0. The van der Waals surface area contributed by atoms with E-state index in [4.69, 9.17) is 18.0 Å². The van der Waals surface area contributed by atoms with E-state index in [9.17, 15) is 13.2 Å². The van der Waals surface area contributed by atoms with Crippen LogP contribution in [0.15, 0.2) is 41.2 Å². The highest BCUT2D eigenvalue weighted by Gasteiger charge is 2.15. The molecule has 0 unspecified atom stereocenters. The van der Waals surface area contributed by atoms with Crippen molar-refractivity contribution in [3.05, 3.63) is 57.9 Å². The Bertz CT molecular complexity index is 810. The Morgan fingerprint density at radius 2 is 2.00 bits per heavy atom. The van der Waals surface area contributed by atoms with Crippen molar-refractivity contribution in [2.24, 2.45) is 5.73 Å². The average molecular weight is 324 g/mol. The van der Waals surface area contributed by atoms with Crippen molar-refractivity contribution in [3.63, 3.8) is 0 Å². The van der Waals surface area contributed by atoms with Crippen LogP contribution in [0.25, 0.3) is 0 Å². The first kappa shape index (κ1) is 15.1. The maximum Gasteiger partial charge on any atom is 0.264 e. The number of rotatable bonds is 5. The molecule has 0 amide bonds. The molecule has 0 aliphatic rings. The Labute approximate surface area is 126 Å². The minimum absolute atomic E-state index is 0.0300. The van der Waals surface area contributed by atoms with Crippen molar-refractivity contribution in [2.75, 3.05) is 4.72 Å². The zero-order valence-corrected chi connectivity index (χ0v) is 12.4. The Kier molecular flexibility index (Phi) is 4.34. The summed E-state index contributed by atoms with van der Waals surface area (Å²) < 4.78 is 26.5. The molecular weight excluding hydrogens is 312 g/mol. The quantitative estimate of drug-likeness (QED) is 0.683. The number of anilines is 1. The van der Waals surface area contributed by atoms with E-state index in [0.29, 0.717) is 11.1 Å². The molecule has 0 saturated heterocycles. The zero-order valence-electron chi connectivity index (χ0n) is 10.7. The summed E-state index contributed by atoms with van der Waals surface area (Å²) in [6, 6.07) is 9.16. The van der Waals surface area contributed by atoms with Gasteiger partial charge in [-0.3, -0.25) is 9.52 Å². The molecule has 0 saturated carbocycles. The monoisotopic (exact) mass is 324 g/mol. The summed E-state index contributed by atoms with van der Waals surface area (Å²) in [7, 11) is -3.71. The molecule has 7 nitrogen and oxygen atoms in total. The van der Waals surface area contributed by atoms with Crippen LogP contribution in [0.3, 0.4) is 0 Å². The summed E-state index contributed by atoms with van der Waals surface area (Å²) in [6.07, 6.45) is 0. The molecule has 0 aliphatic carbocycles. The van der Waals surface area contributed by atoms with Crippen LogP contribution in [-0.4, -0.2) is 23.6 Å². The van der Waals surface area contributed by atoms with E-state index in [-0.39, 0.29) is 16.6 Å². The molecule has 2 aromatic rings. The first-order valence-electron chi connectivity index (χ1n) is 5.81. The number of thiocarbonyl (C=S) groups is 1. The molecule has 0 spiro atoms. The molecule has 21 heavy (non-hydrogen) atoms. The van der Waals surface area contributed by atoms with Gasteiger partial charge in [-0.15, -0.1) is 0 Å². The van der Waals surface area contributed by atoms with Crippen molar-refractivity contribution in [1.29, 1.82) is 0 Å². The topological polar surface area (TPSA) is 118 Å². The van der Waals surface area contributed by atoms with Gasteiger partial charge in [0, 0.05) is 11.6 Å². The number of sulfonamides is 1. The van der Waals surface area contributed by atoms with E-state index in [1.807, 2.05) is 0 Å². The standard InChI is InChI=1S/C12H12N4O3S2/c13-12(20)9-4-2-1-3-8(9)7-21(18,19)16-10-5-6-11(17)15-14-10/h1-6H,7H2,(H2,13,20)(H,14,16)(H,15,17). The predicted octanol–water partition coefficient (Wildman–Crippen LogP) is 0.346. The highest BCUT2D eigenvalue weighted by Crippen LogP contribution is 2.14. The van der Waals surface area contributed by atoms with Crippen LogP contribution in [0.4, 0.5) is 5.82 Å². The molecule has 1 heterocycles. The molecule has 0 radical (unpaired) electrons. The maximum atomic E-state index is 12.1. The molecule has 0 aliphatic heterocycles. The summed E-state index contributed by atoms with van der Waals surface area (Å²) >= 11 is 4.89. The van der Waals surface area contributed by atoms with Crippen LogP contribution in [-0.2, 0) is 15.8 Å². The van der Waals surface area contributed by atoms with Crippen LogP contribution in [0, 0.1) is 0 Å². The molecule has 2 rings (SSSR count). The van der Waals surface area contributed by atoms with Gasteiger partial charge in [0.15, 0.2) is 5.82 Å². The van der Waals surface area contributed by atoms with Gasteiger partial charge in [-0.1, -0.05) is 36.5 Å². The number of H-pyrrole nitrogens is 1. The first-order chi connectivity index (χ1) is 9.87. The van der Waals surface area contributed by atoms with Gasteiger partial charge in [0.25, 0.3) is 5.56 Å². The second-order valence-corrected chi connectivity index (χ2v) is 6.35. The SMILES string of the molecule is NC(=S)c1ccccc1CS(=O)(=O)Nc1ccc(=O)[nH]n1. The fourth-order valence-electron chi connectivity index (χ4n) is 1.69. The van der Waals surface area contributed by atoms with Crippen molar-refractivity contribution >= 4 is 33.0 Å². The highest BCUT2D eigenvalue weighted by atomic mass is 32.2. The van der Waals surface area contributed by atoms with Crippen molar-refractivity contribution < 1.29 is 8.42 Å². The molecular formula is C12H12N4O3S2. The van der Waals surface area contributed by atoms with E-state index in [0.717, 1.165) is 0 Å². The van der Waals surface area contributed by atoms with Gasteiger partial charge in [0.2, 0.25) is 10.0 Å². The van der Waals surface area contributed by atoms with Gasteiger partial charge >= 0.3 is 0 Å². The van der Waals surface area contributed by atoms with Crippen LogP contribution in [0.2, 0.25) is 0 Å². The Morgan fingerprint density at radius 3 is 2.62 bits per heavy atom. The zero-order chi connectivity index (χ0) is 15.5. The van der Waals surface area contributed by atoms with Crippen LogP contribution < -0.4 is 16.0 Å². The van der Waals surface area contributed by atoms with E-state index < -0.39 is 15.6 Å². The summed E-state index contributed by atoms with van der Waals surface area (Å²) in [5.41, 5.74) is 6.14. The summed E-state index contributed by atoms with van der Waals surface area (Å²) in [5.74, 6) is -0.274. The van der Waals surface area contributed by atoms with Gasteiger partial charge in [0.05, 0.1) is 5.75 Å². The Balaban J connectivity index is 2.24. The molecule has 0 bridgehead atoms. The predicted molar refractivity (Wildman–Crippen MR) is 83.4 cm³/mol. The second-order valence-electron chi connectivity index (χ2n) is 4.19. The molecule has 1 aromatic carbocycles. The number of hydrogen-bond acceptors (Lipinski definition) is 5. The van der Waals surface area contributed by atoms with E-state index >= 15 is 0 Å². The van der Waals surface area contributed by atoms with Gasteiger partial charge < -0.3 is 5.73 Å². The largest absolute Gasteiger partial charge is 0.389 e. The first-order valence-corrected chi connectivity index (χ1v) is 7.87.